The van der Waals surface area contributed by atoms with Gasteiger partial charge in [0.1, 0.15) is 35.6 Å². The third kappa shape index (κ3) is 8.62. The van der Waals surface area contributed by atoms with E-state index in [1.807, 2.05) is 20.8 Å². The zero-order valence-electron chi connectivity index (χ0n) is 30.7. The van der Waals surface area contributed by atoms with Crippen LogP contribution in [0.25, 0.3) is 11.3 Å². The Morgan fingerprint density at radius 1 is 0.927 bits per heavy atom. The first-order valence-electron chi connectivity index (χ1n) is 17.8. The van der Waals surface area contributed by atoms with Gasteiger partial charge in [-0.25, -0.2) is 27.3 Å². The summed E-state index contributed by atoms with van der Waals surface area (Å²) in [6.45, 7) is 6.89. The number of hydrogen-bond donors (Lipinski definition) is 1. The standard InChI is InChI=1S/C40H41F4N5O6/c1-23(50)38(53)48(33-22-46(20-31(33)44)18-24-8-10-26(11-9-24)39(54)55-49-34(51)14-15-35(49)52)36(40(2,3)4)37-45-32(29-17-28(42)12-13-30(29)43)21-47(37)19-25-6-5-7-27(41)16-25/h5-13,16-17,21,23,31,33,36,50H,14-15,18-20,22H2,1-4H3/t23-,31-,33+,36-/m0/s1. The van der Waals surface area contributed by atoms with Crippen LogP contribution in [0.15, 0.2) is 72.9 Å². The number of imide groups is 1. The predicted molar refractivity (Wildman–Crippen MR) is 191 cm³/mol. The molecule has 0 radical (unpaired) electrons. The van der Waals surface area contributed by atoms with E-state index in [4.69, 9.17) is 9.82 Å². The summed E-state index contributed by atoms with van der Waals surface area (Å²) in [5, 5.41) is 11.2. The molecule has 0 aliphatic carbocycles. The molecule has 15 heteroatoms. The number of benzene rings is 3. The van der Waals surface area contributed by atoms with Gasteiger partial charge in [0, 0.05) is 50.8 Å². The summed E-state index contributed by atoms with van der Waals surface area (Å²) in [4.78, 5) is 63.2. The topological polar surface area (TPSA) is 125 Å². The molecule has 0 bridgehead atoms. The van der Waals surface area contributed by atoms with Gasteiger partial charge in [-0.2, -0.15) is 0 Å². The van der Waals surface area contributed by atoms with E-state index in [0.717, 1.165) is 18.2 Å². The van der Waals surface area contributed by atoms with Crippen molar-refractivity contribution in [2.75, 3.05) is 13.1 Å². The lowest BCUT2D eigenvalue weighted by Gasteiger charge is -2.44. The van der Waals surface area contributed by atoms with Crippen LogP contribution in [0.4, 0.5) is 17.6 Å². The van der Waals surface area contributed by atoms with Crippen LogP contribution >= 0.6 is 0 Å². The van der Waals surface area contributed by atoms with Crippen molar-refractivity contribution in [1.82, 2.24) is 24.4 Å². The lowest BCUT2D eigenvalue weighted by atomic mass is 9.83. The Labute approximate surface area is 315 Å². The minimum absolute atomic E-state index is 0.0182. The highest BCUT2D eigenvalue weighted by atomic mass is 19.1. The maximum absolute atomic E-state index is 16.4. The van der Waals surface area contributed by atoms with Crippen LogP contribution < -0.4 is 0 Å². The number of hydroxylamine groups is 2. The van der Waals surface area contributed by atoms with Crippen LogP contribution in [0.1, 0.15) is 73.9 Å². The van der Waals surface area contributed by atoms with Gasteiger partial charge < -0.3 is 19.4 Å². The summed E-state index contributed by atoms with van der Waals surface area (Å²) in [6.07, 6.45) is -1.74. The zero-order valence-corrected chi connectivity index (χ0v) is 30.7. The third-order valence-electron chi connectivity index (χ3n) is 9.64. The molecule has 2 aliphatic rings. The summed E-state index contributed by atoms with van der Waals surface area (Å²) in [5.41, 5.74) is 0.303. The van der Waals surface area contributed by atoms with E-state index >= 15 is 8.78 Å². The van der Waals surface area contributed by atoms with Gasteiger partial charge in [0.15, 0.2) is 0 Å². The van der Waals surface area contributed by atoms with E-state index in [9.17, 15) is 33.1 Å². The summed E-state index contributed by atoms with van der Waals surface area (Å²) in [6, 6.07) is 12.8. The van der Waals surface area contributed by atoms with E-state index in [2.05, 4.69) is 0 Å². The average Bonchev–Trinajstić information content (AvgIpc) is 3.79. The number of carbonyl (C=O) groups excluding carboxylic acids is 4. The first-order valence-corrected chi connectivity index (χ1v) is 17.8. The van der Waals surface area contributed by atoms with Crippen LogP contribution in [0.5, 0.6) is 0 Å². The maximum atomic E-state index is 16.4. The van der Waals surface area contributed by atoms with Gasteiger partial charge in [-0.3, -0.25) is 19.3 Å². The predicted octanol–water partition coefficient (Wildman–Crippen LogP) is 5.76. The molecule has 2 saturated heterocycles. The Hall–Kier alpha value is -5.41. The van der Waals surface area contributed by atoms with Crippen LogP contribution in [0, 0.1) is 22.9 Å². The number of halogens is 4. The summed E-state index contributed by atoms with van der Waals surface area (Å²) in [5.74, 6) is -4.62. The van der Waals surface area contributed by atoms with Gasteiger partial charge in [0.05, 0.1) is 23.3 Å². The van der Waals surface area contributed by atoms with Crippen molar-refractivity contribution >= 4 is 23.7 Å². The number of aliphatic hydroxyl groups excluding tert-OH is 1. The Morgan fingerprint density at radius 3 is 2.24 bits per heavy atom. The summed E-state index contributed by atoms with van der Waals surface area (Å²) >= 11 is 0. The zero-order chi connectivity index (χ0) is 39.8. The molecule has 4 aromatic rings. The fraction of sp³-hybridized carbons (Fsp3) is 0.375. The highest BCUT2D eigenvalue weighted by Crippen LogP contribution is 2.42. The fourth-order valence-corrected chi connectivity index (χ4v) is 7.07. The Kier molecular flexibility index (Phi) is 11.3. The van der Waals surface area contributed by atoms with Crippen molar-refractivity contribution in [2.24, 2.45) is 5.41 Å². The lowest BCUT2D eigenvalue weighted by Crippen LogP contribution is -2.54. The number of rotatable bonds is 11. The summed E-state index contributed by atoms with van der Waals surface area (Å²) < 4.78 is 61.8. The number of amides is 3. The minimum atomic E-state index is -1.59. The molecule has 0 unspecified atom stereocenters. The number of alkyl halides is 1. The quantitative estimate of drug-likeness (QED) is 0.151. The molecule has 290 valence electrons. The normalized spacial score (nSPS) is 18.8. The monoisotopic (exact) mass is 763 g/mol. The molecule has 0 saturated carbocycles. The van der Waals surface area contributed by atoms with Crippen LogP contribution in [0.3, 0.4) is 0 Å². The third-order valence-corrected chi connectivity index (χ3v) is 9.64. The Bertz CT molecular complexity index is 2080. The minimum Gasteiger partial charge on any atom is -0.384 e. The van der Waals surface area contributed by atoms with Crippen molar-refractivity contribution in [1.29, 1.82) is 0 Å². The van der Waals surface area contributed by atoms with Gasteiger partial charge in [0.2, 0.25) is 0 Å². The molecule has 3 amide bonds. The molecule has 3 heterocycles. The molecule has 2 aliphatic heterocycles. The number of hydrogen-bond acceptors (Lipinski definition) is 8. The number of imidazole rings is 1. The molecule has 2 fully saturated rings. The molecule has 0 spiro atoms. The second-order valence-electron chi connectivity index (χ2n) is 15.0. The number of likely N-dealkylation sites (tertiary alicyclic amines) is 1. The maximum Gasteiger partial charge on any atom is 0.363 e. The fourth-order valence-electron chi connectivity index (χ4n) is 7.07. The van der Waals surface area contributed by atoms with E-state index in [1.165, 1.54) is 48.4 Å². The highest BCUT2D eigenvalue weighted by Gasteiger charge is 2.48. The van der Waals surface area contributed by atoms with Crippen molar-refractivity contribution in [3.05, 3.63) is 113 Å². The molecular formula is C40H41F4N5O6. The van der Waals surface area contributed by atoms with Gasteiger partial charge in [-0.15, -0.1) is 5.06 Å². The number of carbonyl (C=O) groups is 4. The van der Waals surface area contributed by atoms with E-state index in [1.54, 1.807) is 27.7 Å². The number of aliphatic hydroxyl groups is 1. The van der Waals surface area contributed by atoms with Crippen molar-refractivity contribution in [3.8, 4) is 11.3 Å². The first-order chi connectivity index (χ1) is 26.0. The van der Waals surface area contributed by atoms with E-state index in [0.29, 0.717) is 16.2 Å². The molecule has 11 nitrogen and oxygen atoms in total. The molecular weight excluding hydrogens is 722 g/mol. The first kappa shape index (κ1) is 39.3. The second kappa shape index (κ2) is 15.7. The van der Waals surface area contributed by atoms with Gasteiger partial charge >= 0.3 is 5.97 Å². The van der Waals surface area contributed by atoms with Crippen LogP contribution in [0.2, 0.25) is 0 Å². The SMILES string of the molecule is C[C@H](O)C(=O)N([C@@H]1CN(Cc2ccc(C(=O)ON3C(=O)CCC3=O)cc2)C[C@@H]1F)[C@@H](c1nc(-c2cc(F)ccc2F)cn1Cc1cccc(F)c1)C(C)(C)C. The number of aromatic nitrogens is 2. The van der Waals surface area contributed by atoms with Crippen molar-refractivity contribution in [2.45, 2.75) is 78.0 Å². The van der Waals surface area contributed by atoms with E-state index < -0.39 is 70.9 Å². The molecule has 6 rings (SSSR count). The number of nitrogens with zero attached hydrogens (tertiary/aromatic N) is 5. The van der Waals surface area contributed by atoms with Crippen molar-refractivity contribution < 1.29 is 46.7 Å². The average molecular weight is 764 g/mol. The molecule has 1 aromatic heterocycles. The lowest BCUT2D eigenvalue weighted by molar-refractivity contribution is -0.172. The van der Waals surface area contributed by atoms with Gasteiger partial charge in [0.25, 0.3) is 17.7 Å². The molecule has 3 aromatic carbocycles. The van der Waals surface area contributed by atoms with E-state index in [-0.39, 0.29) is 61.7 Å². The van der Waals surface area contributed by atoms with Gasteiger partial charge in [-0.05, 0) is 65.9 Å². The molecule has 4 atom stereocenters. The van der Waals surface area contributed by atoms with Crippen molar-refractivity contribution in [3.63, 3.8) is 0 Å². The van der Waals surface area contributed by atoms with Crippen LogP contribution in [-0.2, 0) is 32.3 Å². The smallest absolute Gasteiger partial charge is 0.363 e. The van der Waals surface area contributed by atoms with Gasteiger partial charge in [-0.1, -0.05) is 45.0 Å². The highest BCUT2D eigenvalue weighted by molar-refractivity contribution is 6.02. The Balaban J connectivity index is 1.32. The summed E-state index contributed by atoms with van der Waals surface area (Å²) in [7, 11) is 0. The van der Waals surface area contributed by atoms with Crippen LogP contribution in [-0.4, -0.2) is 84.6 Å². The largest absolute Gasteiger partial charge is 0.384 e. The molecule has 1 N–H and O–H groups in total. The Morgan fingerprint density at radius 2 is 1.60 bits per heavy atom. The molecule has 55 heavy (non-hydrogen) atoms. The second-order valence-corrected chi connectivity index (χ2v) is 15.0.